The second-order valence-electron chi connectivity index (χ2n) is 2.09. The summed E-state index contributed by atoms with van der Waals surface area (Å²) in [4.78, 5) is 4.21. The number of hydrogen-bond donors (Lipinski definition) is 0. The molecule has 0 atom stereocenters. The van der Waals surface area contributed by atoms with Gasteiger partial charge in [0.15, 0.2) is 0 Å². The molecule has 0 aromatic carbocycles. The minimum atomic E-state index is 0.893. The van der Waals surface area contributed by atoms with Crippen molar-refractivity contribution in [2.24, 2.45) is 0 Å². The Morgan fingerprint density at radius 2 is 2.45 bits per heavy atom. The van der Waals surface area contributed by atoms with E-state index >= 15 is 0 Å². The van der Waals surface area contributed by atoms with Crippen LogP contribution in [0.15, 0.2) is 18.3 Å². The molecular formula is C8H10INO. The molecule has 1 rings (SSSR count). The molecule has 2 nitrogen and oxygen atoms in total. The highest BCUT2D eigenvalue weighted by Crippen LogP contribution is 2.15. The molecule has 0 saturated carbocycles. The lowest BCUT2D eigenvalue weighted by molar-refractivity contribution is 0.407. The summed E-state index contributed by atoms with van der Waals surface area (Å²) in [5, 5.41) is 0. The first-order valence-electron chi connectivity index (χ1n) is 3.42. The average molecular weight is 263 g/mol. The highest BCUT2D eigenvalue weighted by molar-refractivity contribution is 14.1. The van der Waals surface area contributed by atoms with Gasteiger partial charge in [-0.1, -0.05) is 22.6 Å². The molecule has 0 amide bonds. The summed E-state index contributed by atoms with van der Waals surface area (Å²) in [6, 6.07) is 3.82. The van der Waals surface area contributed by atoms with Gasteiger partial charge in [0.05, 0.1) is 12.8 Å². The quantitative estimate of drug-likeness (QED) is 0.615. The predicted molar refractivity (Wildman–Crippen MR) is 53.4 cm³/mol. The smallest absolute Gasteiger partial charge is 0.140 e. The van der Waals surface area contributed by atoms with Crippen LogP contribution in [0, 0.1) is 0 Å². The van der Waals surface area contributed by atoms with Gasteiger partial charge in [0, 0.05) is 17.0 Å². The van der Waals surface area contributed by atoms with E-state index in [-0.39, 0.29) is 0 Å². The van der Waals surface area contributed by atoms with Crippen molar-refractivity contribution < 1.29 is 4.74 Å². The zero-order valence-electron chi connectivity index (χ0n) is 6.38. The molecule has 1 heterocycles. The van der Waals surface area contributed by atoms with E-state index in [4.69, 9.17) is 4.74 Å². The van der Waals surface area contributed by atoms with Crippen molar-refractivity contribution in [2.45, 2.75) is 6.42 Å². The number of pyridine rings is 1. The van der Waals surface area contributed by atoms with Gasteiger partial charge in [0.1, 0.15) is 5.75 Å². The molecule has 1 aromatic rings. The van der Waals surface area contributed by atoms with Crippen LogP contribution in [0.1, 0.15) is 5.69 Å². The van der Waals surface area contributed by atoms with Crippen LogP contribution in [0.3, 0.4) is 0 Å². The Hall–Kier alpha value is -0.320. The molecule has 0 N–H and O–H groups in total. The Kier molecular flexibility index (Phi) is 3.62. The minimum absolute atomic E-state index is 0.893. The molecule has 60 valence electrons. The van der Waals surface area contributed by atoms with Crippen LogP contribution in [-0.4, -0.2) is 16.5 Å². The molecule has 0 spiro atoms. The maximum atomic E-state index is 5.13. The van der Waals surface area contributed by atoms with Gasteiger partial charge in [-0.05, 0) is 12.1 Å². The van der Waals surface area contributed by atoms with Gasteiger partial charge in [-0.25, -0.2) is 0 Å². The van der Waals surface area contributed by atoms with Gasteiger partial charge in [0.2, 0.25) is 0 Å². The fourth-order valence-corrected chi connectivity index (χ4v) is 1.40. The first kappa shape index (κ1) is 8.77. The molecule has 1 aromatic heterocycles. The molecule has 11 heavy (non-hydrogen) atoms. The van der Waals surface area contributed by atoms with Crippen molar-refractivity contribution in [2.75, 3.05) is 11.5 Å². The molecule has 3 heteroatoms. The monoisotopic (exact) mass is 263 g/mol. The fraction of sp³-hybridized carbons (Fsp3) is 0.375. The minimum Gasteiger partial charge on any atom is -0.495 e. The summed E-state index contributed by atoms with van der Waals surface area (Å²) in [5.74, 6) is 0.893. The molecule has 0 bridgehead atoms. The van der Waals surface area contributed by atoms with Crippen molar-refractivity contribution in [1.82, 2.24) is 4.98 Å². The number of rotatable bonds is 3. The van der Waals surface area contributed by atoms with E-state index < -0.39 is 0 Å². The third kappa shape index (κ3) is 2.32. The lowest BCUT2D eigenvalue weighted by Crippen LogP contribution is -1.95. The largest absolute Gasteiger partial charge is 0.495 e. The summed E-state index contributed by atoms with van der Waals surface area (Å²) >= 11 is 2.33. The van der Waals surface area contributed by atoms with E-state index in [1.807, 2.05) is 12.1 Å². The van der Waals surface area contributed by atoms with Crippen LogP contribution in [0.4, 0.5) is 0 Å². The molecule has 0 aliphatic heterocycles. The second kappa shape index (κ2) is 4.54. The predicted octanol–water partition coefficient (Wildman–Crippen LogP) is 2.07. The van der Waals surface area contributed by atoms with Crippen molar-refractivity contribution in [3.63, 3.8) is 0 Å². The van der Waals surface area contributed by atoms with Gasteiger partial charge in [-0.2, -0.15) is 0 Å². The fourth-order valence-electron chi connectivity index (χ4n) is 0.886. The van der Waals surface area contributed by atoms with Gasteiger partial charge in [0.25, 0.3) is 0 Å². The summed E-state index contributed by atoms with van der Waals surface area (Å²) in [5.41, 5.74) is 1.05. The molecule has 0 fully saturated rings. The Morgan fingerprint density at radius 3 is 3.09 bits per heavy atom. The van der Waals surface area contributed by atoms with Crippen LogP contribution in [-0.2, 0) is 6.42 Å². The first-order chi connectivity index (χ1) is 5.38. The van der Waals surface area contributed by atoms with Gasteiger partial charge < -0.3 is 4.74 Å². The Balaban J connectivity index is 2.83. The normalized spacial score (nSPS) is 9.64. The highest BCUT2D eigenvalue weighted by atomic mass is 127. The highest BCUT2D eigenvalue weighted by Gasteiger charge is 2.00. The maximum Gasteiger partial charge on any atom is 0.140 e. The van der Waals surface area contributed by atoms with Crippen LogP contribution in [0.2, 0.25) is 0 Å². The topological polar surface area (TPSA) is 22.1 Å². The number of halogens is 1. The lowest BCUT2D eigenvalue weighted by atomic mass is 10.3. The number of nitrogens with zero attached hydrogens (tertiary/aromatic N) is 1. The van der Waals surface area contributed by atoms with Gasteiger partial charge in [-0.3, -0.25) is 4.98 Å². The molecule has 0 unspecified atom stereocenters. The summed E-state index contributed by atoms with van der Waals surface area (Å²) in [6.45, 7) is 0. The Labute approximate surface area is 80.1 Å². The van der Waals surface area contributed by atoms with Crippen molar-refractivity contribution >= 4 is 22.6 Å². The number of aromatic nitrogens is 1. The van der Waals surface area contributed by atoms with Crippen LogP contribution < -0.4 is 4.74 Å². The zero-order valence-corrected chi connectivity index (χ0v) is 8.54. The standard InChI is InChI=1S/C8H10INO/c1-11-8-3-2-6-10-7(8)4-5-9/h2-3,6H,4-5H2,1H3. The van der Waals surface area contributed by atoms with Gasteiger partial charge >= 0.3 is 0 Å². The molecule has 0 saturated heterocycles. The lowest BCUT2D eigenvalue weighted by Gasteiger charge is -2.03. The molecule has 0 aliphatic carbocycles. The first-order valence-corrected chi connectivity index (χ1v) is 4.95. The van der Waals surface area contributed by atoms with Crippen molar-refractivity contribution in [1.29, 1.82) is 0 Å². The van der Waals surface area contributed by atoms with E-state index in [9.17, 15) is 0 Å². The SMILES string of the molecule is COc1cccnc1CCI. The van der Waals surface area contributed by atoms with Crippen LogP contribution in [0.25, 0.3) is 0 Å². The molecule has 0 aliphatic rings. The van der Waals surface area contributed by atoms with E-state index in [1.54, 1.807) is 13.3 Å². The summed E-state index contributed by atoms with van der Waals surface area (Å²) in [7, 11) is 1.67. The third-order valence-electron chi connectivity index (χ3n) is 1.40. The van der Waals surface area contributed by atoms with Crippen molar-refractivity contribution in [3.8, 4) is 5.75 Å². The van der Waals surface area contributed by atoms with Crippen molar-refractivity contribution in [3.05, 3.63) is 24.0 Å². The summed E-state index contributed by atoms with van der Waals surface area (Å²) in [6.07, 6.45) is 2.77. The van der Waals surface area contributed by atoms with Crippen LogP contribution >= 0.6 is 22.6 Å². The van der Waals surface area contributed by atoms with Gasteiger partial charge in [-0.15, -0.1) is 0 Å². The number of aryl methyl sites for hydroxylation is 1. The number of alkyl halides is 1. The Bertz CT molecular complexity index is 227. The van der Waals surface area contributed by atoms with E-state index in [0.717, 1.165) is 22.3 Å². The maximum absolute atomic E-state index is 5.13. The van der Waals surface area contributed by atoms with E-state index in [1.165, 1.54) is 0 Å². The second-order valence-corrected chi connectivity index (χ2v) is 3.17. The van der Waals surface area contributed by atoms with E-state index in [0.29, 0.717) is 0 Å². The molecule has 0 radical (unpaired) electrons. The summed E-state index contributed by atoms with van der Waals surface area (Å²) < 4.78 is 6.21. The number of ether oxygens (including phenoxy) is 1. The third-order valence-corrected chi connectivity index (χ3v) is 1.94. The average Bonchev–Trinajstić information content (AvgIpc) is 2.06. The molecular weight excluding hydrogens is 253 g/mol. The number of hydrogen-bond acceptors (Lipinski definition) is 2. The van der Waals surface area contributed by atoms with Crippen LogP contribution in [0.5, 0.6) is 5.75 Å². The Morgan fingerprint density at radius 1 is 1.64 bits per heavy atom. The van der Waals surface area contributed by atoms with E-state index in [2.05, 4.69) is 27.6 Å². The zero-order chi connectivity index (χ0) is 8.10. The number of methoxy groups -OCH3 is 1.